The summed E-state index contributed by atoms with van der Waals surface area (Å²) in [5.74, 6) is 7.50. The van der Waals surface area contributed by atoms with E-state index in [0.29, 0.717) is 6.04 Å². The van der Waals surface area contributed by atoms with Gasteiger partial charge in [-0.05, 0) is 51.4 Å². The topological polar surface area (TPSA) is 47.3 Å². The number of nitrogens with one attached hydrogen (secondary N) is 1. The molecule has 1 saturated carbocycles. The van der Waals surface area contributed by atoms with Gasteiger partial charge in [0.25, 0.3) is 0 Å². The fourth-order valence-electron chi connectivity index (χ4n) is 3.35. The minimum atomic E-state index is -0.0332. The number of nitrogens with two attached hydrogens (primary N) is 1. The first-order valence-corrected chi connectivity index (χ1v) is 8.03. The van der Waals surface area contributed by atoms with Gasteiger partial charge in [-0.25, -0.2) is 0 Å². The quantitative estimate of drug-likeness (QED) is 0.523. The summed E-state index contributed by atoms with van der Waals surface area (Å²) in [5.41, 5.74) is 3.03. The van der Waals surface area contributed by atoms with Crippen LogP contribution in [0.4, 0.5) is 0 Å². The van der Waals surface area contributed by atoms with Crippen LogP contribution in [0.2, 0.25) is 0 Å². The van der Waals surface area contributed by atoms with Gasteiger partial charge in [-0.15, -0.1) is 0 Å². The Balaban J connectivity index is 2.36. The molecule has 1 fully saturated rings. The van der Waals surface area contributed by atoms with E-state index in [9.17, 15) is 0 Å². The summed E-state index contributed by atoms with van der Waals surface area (Å²) in [5, 5.41) is 0. The summed E-state index contributed by atoms with van der Waals surface area (Å²) in [4.78, 5) is 0. The SMILES string of the molecule is CCCC1CCC(C(CCC(C)(C)OC)NN)CC1. The maximum atomic E-state index is 5.78. The third-order valence-electron chi connectivity index (χ3n) is 4.98. The van der Waals surface area contributed by atoms with Crippen molar-refractivity contribution in [3.8, 4) is 0 Å². The first-order valence-electron chi connectivity index (χ1n) is 8.03. The van der Waals surface area contributed by atoms with Gasteiger partial charge < -0.3 is 4.74 Å². The molecule has 0 aliphatic heterocycles. The third kappa shape index (κ3) is 5.80. The van der Waals surface area contributed by atoms with Crippen molar-refractivity contribution in [2.24, 2.45) is 17.7 Å². The lowest BCUT2D eigenvalue weighted by atomic mass is 9.76. The number of ether oxygens (including phenoxy) is 1. The monoisotopic (exact) mass is 270 g/mol. The molecule has 1 unspecified atom stereocenters. The summed E-state index contributed by atoms with van der Waals surface area (Å²) >= 11 is 0. The van der Waals surface area contributed by atoms with Crippen molar-refractivity contribution < 1.29 is 4.74 Å². The predicted octanol–water partition coefficient (Wildman–Crippen LogP) is 3.63. The van der Waals surface area contributed by atoms with Crippen molar-refractivity contribution in [1.82, 2.24) is 5.43 Å². The van der Waals surface area contributed by atoms with Gasteiger partial charge in [0.2, 0.25) is 0 Å². The zero-order chi connectivity index (χ0) is 14.3. The highest BCUT2D eigenvalue weighted by Gasteiger charge is 2.28. The van der Waals surface area contributed by atoms with E-state index in [2.05, 4.69) is 26.2 Å². The molecule has 3 nitrogen and oxygen atoms in total. The average molecular weight is 270 g/mol. The largest absolute Gasteiger partial charge is 0.379 e. The molecule has 1 rings (SSSR count). The van der Waals surface area contributed by atoms with E-state index in [4.69, 9.17) is 10.6 Å². The van der Waals surface area contributed by atoms with Crippen molar-refractivity contribution in [1.29, 1.82) is 0 Å². The molecular formula is C16H34N2O. The molecule has 0 aromatic rings. The van der Waals surface area contributed by atoms with Crippen LogP contribution in [0, 0.1) is 11.8 Å². The number of rotatable bonds is 8. The molecule has 1 aliphatic carbocycles. The molecule has 3 N–H and O–H groups in total. The van der Waals surface area contributed by atoms with E-state index >= 15 is 0 Å². The molecule has 0 aromatic carbocycles. The molecular weight excluding hydrogens is 236 g/mol. The summed E-state index contributed by atoms with van der Waals surface area (Å²) in [6.07, 6.45) is 10.4. The molecule has 0 heterocycles. The Hall–Kier alpha value is -0.120. The van der Waals surface area contributed by atoms with Crippen LogP contribution in [0.3, 0.4) is 0 Å². The van der Waals surface area contributed by atoms with Gasteiger partial charge in [-0.1, -0.05) is 32.6 Å². The minimum Gasteiger partial charge on any atom is -0.379 e. The van der Waals surface area contributed by atoms with Crippen molar-refractivity contribution in [2.75, 3.05) is 7.11 Å². The Morgan fingerprint density at radius 3 is 2.37 bits per heavy atom. The molecule has 0 amide bonds. The van der Waals surface area contributed by atoms with Crippen LogP contribution < -0.4 is 11.3 Å². The Kier molecular flexibility index (Phi) is 7.33. The van der Waals surface area contributed by atoms with Crippen LogP contribution in [0.5, 0.6) is 0 Å². The van der Waals surface area contributed by atoms with Crippen molar-refractivity contribution in [3.05, 3.63) is 0 Å². The fraction of sp³-hybridized carbons (Fsp3) is 1.00. The summed E-state index contributed by atoms with van der Waals surface area (Å²) in [6, 6.07) is 0.456. The Bertz CT molecular complexity index is 235. The summed E-state index contributed by atoms with van der Waals surface area (Å²) in [6.45, 7) is 6.60. The standard InChI is InChI=1S/C16H34N2O/c1-5-6-13-7-9-14(10-8-13)15(18-17)11-12-16(2,3)19-4/h13-15,18H,5-12,17H2,1-4H3. The third-order valence-corrected chi connectivity index (χ3v) is 4.98. The summed E-state index contributed by atoms with van der Waals surface area (Å²) < 4.78 is 5.50. The normalized spacial score (nSPS) is 26.4. The van der Waals surface area contributed by atoms with E-state index in [1.807, 2.05) is 0 Å². The van der Waals surface area contributed by atoms with E-state index in [1.54, 1.807) is 7.11 Å². The van der Waals surface area contributed by atoms with Gasteiger partial charge in [0.1, 0.15) is 0 Å². The molecule has 0 bridgehead atoms. The lowest BCUT2D eigenvalue weighted by molar-refractivity contribution is 0.00921. The first kappa shape index (κ1) is 16.9. The van der Waals surface area contributed by atoms with Gasteiger partial charge in [0, 0.05) is 13.2 Å². The molecule has 1 aliphatic rings. The van der Waals surface area contributed by atoms with Gasteiger partial charge in [0.15, 0.2) is 0 Å². The van der Waals surface area contributed by atoms with Crippen molar-refractivity contribution in [2.45, 2.75) is 83.8 Å². The van der Waals surface area contributed by atoms with Crippen LogP contribution in [-0.4, -0.2) is 18.8 Å². The second kappa shape index (κ2) is 8.23. The summed E-state index contributed by atoms with van der Waals surface area (Å²) in [7, 11) is 1.79. The fourth-order valence-corrected chi connectivity index (χ4v) is 3.35. The Labute approximate surface area is 119 Å². The van der Waals surface area contributed by atoms with Crippen LogP contribution in [0.1, 0.15) is 72.1 Å². The lowest BCUT2D eigenvalue weighted by Crippen LogP contribution is -2.43. The average Bonchev–Trinajstić information content (AvgIpc) is 2.41. The molecule has 1 atom stereocenters. The molecule has 0 radical (unpaired) electrons. The van der Waals surface area contributed by atoms with E-state index in [1.165, 1.54) is 38.5 Å². The molecule has 0 spiro atoms. The molecule has 3 heteroatoms. The molecule has 114 valence electrons. The minimum absolute atomic E-state index is 0.0332. The van der Waals surface area contributed by atoms with Crippen molar-refractivity contribution >= 4 is 0 Å². The molecule has 0 aromatic heterocycles. The number of methoxy groups -OCH3 is 1. The first-order chi connectivity index (χ1) is 9.02. The predicted molar refractivity (Wildman–Crippen MR) is 81.8 cm³/mol. The van der Waals surface area contributed by atoms with Crippen LogP contribution in [-0.2, 0) is 4.74 Å². The maximum Gasteiger partial charge on any atom is 0.0623 e. The zero-order valence-corrected chi connectivity index (χ0v) is 13.4. The Morgan fingerprint density at radius 1 is 1.26 bits per heavy atom. The smallest absolute Gasteiger partial charge is 0.0623 e. The van der Waals surface area contributed by atoms with Crippen LogP contribution in [0.25, 0.3) is 0 Å². The maximum absolute atomic E-state index is 5.78. The van der Waals surface area contributed by atoms with Gasteiger partial charge in [0.05, 0.1) is 5.60 Å². The van der Waals surface area contributed by atoms with Gasteiger partial charge in [-0.3, -0.25) is 11.3 Å². The second-order valence-corrected chi connectivity index (χ2v) is 6.85. The highest BCUT2D eigenvalue weighted by atomic mass is 16.5. The molecule has 19 heavy (non-hydrogen) atoms. The van der Waals surface area contributed by atoms with Crippen molar-refractivity contribution in [3.63, 3.8) is 0 Å². The Morgan fingerprint density at radius 2 is 1.89 bits per heavy atom. The van der Waals surface area contributed by atoms with Crippen LogP contribution >= 0.6 is 0 Å². The number of hydrazine groups is 1. The van der Waals surface area contributed by atoms with Gasteiger partial charge >= 0.3 is 0 Å². The highest BCUT2D eigenvalue weighted by Crippen LogP contribution is 2.34. The molecule has 0 saturated heterocycles. The van der Waals surface area contributed by atoms with Gasteiger partial charge in [-0.2, -0.15) is 0 Å². The number of hydrogen-bond acceptors (Lipinski definition) is 3. The lowest BCUT2D eigenvalue weighted by Gasteiger charge is -2.35. The zero-order valence-electron chi connectivity index (χ0n) is 13.4. The van der Waals surface area contributed by atoms with E-state index < -0.39 is 0 Å². The van der Waals surface area contributed by atoms with E-state index in [0.717, 1.165) is 24.7 Å². The second-order valence-electron chi connectivity index (χ2n) is 6.85. The van der Waals surface area contributed by atoms with E-state index in [-0.39, 0.29) is 5.60 Å². The number of hydrogen-bond donors (Lipinski definition) is 2. The highest BCUT2D eigenvalue weighted by molar-refractivity contribution is 4.83. The van der Waals surface area contributed by atoms with Crippen LogP contribution in [0.15, 0.2) is 0 Å².